The molecule has 2 aromatic rings. The molecular formula is C12H12BrNO3S. The molecule has 1 unspecified atom stereocenters. The van der Waals surface area contributed by atoms with Crippen LogP contribution in [0, 0.1) is 0 Å². The lowest BCUT2D eigenvalue weighted by atomic mass is 10.1. The van der Waals surface area contributed by atoms with Crippen LogP contribution < -0.4 is 9.47 Å². The topological polar surface area (TPSA) is 51.6 Å². The second-order valence-electron chi connectivity index (χ2n) is 3.52. The van der Waals surface area contributed by atoms with E-state index in [2.05, 4.69) is 20.9 Å². The molecule has 0 spiro atoms. The molecule has 0 aliphatic carbocycles. The van der Waals surface area contributed by atoms with Crippen molar-refractivity contribution in [2.24, 2.45) is 0 Å². The lowest BCUT2D eigenvalue weighted by Crippen LogP contribution is -2.00. The zero-order chi connectivity index (χ0) is 13.1. The van der Waals surface area contributed by atoms with Gasteiger partial charge in [-0.25, -0.2) is 4.98 Å². The van der Waals surface area contributed by atoms with Crippen LogP contribution in [-0.4, -0.2) is 24.3 Å². The minimum Gasteiger partial charge on any atom is -0.493 e. The Kier molecular flexibility index (Phi) is 4.21. The fraction of sp³-hybridized carbons (Fsp3) is 0.250. The summed E-state index contributed by atoms with van der Waals surface area (Å²) in [5, 5.41) is 10.3. The third-order valence-electron chi connectivity index (χ3n) is 2.52. The average Bonchev–Trinajstić information content (AvgIpc) is 2.83. The largest absolute Gasteiger partial charge is 0.493 e. The lowest BCUT2D eigenvalue weighted by Gasteiger charge is -2.13. The van der Waals surface area contributed by atoms with Crippen LogP contribution in [0.3, 0.4) is 0 Å². The van der Waals surface area contributed by atoms with Crippen molar-refractivity contribution < 1.29 is 14.6 Å². The minimum atomic E-state index is -0.730. The number of aromatic nitrogens is 1. The fourth-order valence-electron chi connectivity index (χ4n) is 1.59. The van der Waals surface area contributed by atoms with Crippen LogP contribution in [0.2, 0.25) is 0 Å². The molecule has 0 saturated heterocycles. The monoisotopic (exact) mass is 329 g/mol. The zero-order valence-electron chi connectivity index (χ0n) is 9.88. The fourth-order valence-corrected chi connectivity index (χ4v) is 3.01. The highest BCUT2D eigenvalue weighted by atomic mass is 79.9. The van der Waals surface area contributed by atoms with Crippen molar-refractivity contribution >= 4 is 27.3 Å². The van der Waals surface area contributed by atoms with E-state index in [9.17, 15) is 5.11 Å². The third kappa shape index (κ3) is 2.50. The van der Waals surface area contributed by atoms with Gasteiger partial charge in [0.2, 0.25) is 0 Å². The molecule has 1 N–H and O–H groups in total. The van der Waals surface area contributed by atoms with Crippen molar-refractivity contribution in [1.82, 2.24) is 4.98 Å². The predicted octanol–water partition coefficient (Wildman–Crippen LogP) is 3.00. The van der Waals surface area contributed by atoms with E-state index in [1.165, 1.54) is 11.3 Å². The quantitative estimate of drug-likeness (QED) is 0.936. The number of benzene rings is 1. The number of thiazole rings is 1. The zero-order valence-corrected chi connectivity index (χ0v) is 12.3. The van der Waals surface area contributed by atoms with Gasteiger partial charge in [0.15, 0.2) is 11.5 Å². The van der Waals surface area contributed by atoms with Gasteiger partial charge in [-0.15, -0.1) is 11.3 Å². The molecule has 0 radical (unpaired) electrons. The number of nitrogens with zero attached hydrogens (tertiary/aromatic N) is 1. The first kappa shape index (κ1) is 13.3. The van der Waals surface area contributed by atoms with E-state index in [1.54, 1.807) is 37.9 Å². The first-order valence-electron chi connectivity index (χ1n) is 5.16. The van der Waals surface area contributed by atoms with Crippen molar-refractivity contribution in [3.63, 3.8) is 0 Å². The standard InChI is InChI=1S/C12H12BrNO3S/c1-16-8-4-3-7(5-9(8)17-2)10(15)11-12(13)14-6-18-11/h3-6,10,15H,1-2H3. The summed E-state index contributed by atoms with van der Waals surface area (Å²) in [6, 6.07) is 5.33. The SMILES string of the molecule is COc1ccc(C(O)c2scnc2Br)cc1OC. The highest BCUT2D eigenvalue weighted by Crippen LogP contribution is 2.35. The molecule has 0 aliphatic rings. The summed E-state index contributed by atoms with van der Waals surface area (Å²) in [5.41, 5.74) is 2.42. The second kappa shape index (κ2) is 5.69. The number of halogens is 1. The van der Waals surface area contributed by atoms with Crippen LogP contribution in [0.25, 0.3) is 0 Å². The molecule has 18 heavy (non-hydrogen) atoms. The lowest BCUT2D eigenvalue weighted by molar-refractivity contribution is 0.222. The van der Waals surface area contributed by atoms with Crippen LogP contribution in [0.1, 0.15) is 16.5 Å². The van der Waals surface area contributed by atoms with E-state index >= 15 is 0 Å². The van der Waals surface area contributed by atoms with Crippen molar-refractivity contribution in [3.05, 3.63) is 38.8 Å². The van der Waals surface area contributed by atoms with Crippen LogP contribution in [0.4, 0.5) is 0 Å². The normalized spacial score (nSPS) is 12.2. The molecule has 0 fully saturated rings. The maximum Gasteiger partial charge on any atom is 0.161 e. The number of hydrogen-bond donors (Lipinski definition) is 1. The van der Waals surface area contributed by atoms with Crippen LogP contribution in [0.5, 0.6) is 11.5 Å². The summed E-state index contributed by atoms with van der Waals surface area (Å²) in [6.07, 6.45) is -0.730. The molecule has 1 aromatic carbocycles. The van der Waals surface area contributed by atoms with Crippen molar-refractivity contribution in [2.45, 2.75) is 6.10 Å². The maximum atomic E-state index is 10.3. The van der Waals surface area contributed by atoms with E-state index in [1.807, 2.05) is 0 Å². The molecule has 0 bridgehead atoms. The summed E-state index contributed by atoms with van der Waals surface area (Å²) in [7, 11) is 3.14. The highest BCUT2D eigenvalue weighted by molar-refractivity contribution is 9.10. The molecule has 0 saturated carbocycles. The Morgan fingerprint density at radius 1 is 1.28 bits per heavy atom. The van der Waals surface area contributed by atoms with Crippen LogP contribution in [0.15, 0.2) is 28.3 Å². The summed E-state index contributed by atoms with van der Waals surface area (Å²) < 4.78 is 11.0. The Morgan fingerprint density at radius 2 is 2.00 bits per heavy atom. The molecule has 2 rings (SSSR count). The molecule has 6 heteroatoms. The number of hydrogen-bond acceptors (Lipinski definition) is 5. The van der Waals surface area contributed by atoms with E-state index in [4.69, 9.17) is 9.47 Å². The molecule has 0 aliphatic heterocycles. The van der Waals surface area contributed by atoms with Gasteiger partial charge in [0.05, 0.1) is 24.6 Å². The number of aliphatic hydroxyl groups excluding tert-OH is 1. The predicted molar refractivity (Wildman–Crippen MR) is 73.4 cm³/mol. The molecule has 1 heterocycles. The smallest absolute Gasteiger partial charge is 0.161 e. The van der Waals surface area contributed by atoms with Gasteiger partial charge < -0.3 is 14.6 Å². The number of aliphatic hydroxyl groups is 1. The van der Waals surface area contributed by atoms with Gasteiger partial charge in [0.1, 0.15) is 10.7 Å². The molecular weight excluding hydrogens is 318 g/mol. The van der Waals surface area contributed by atoms with E-state index in [-0.39, 0.29) is 0 Å². The first-order chi connectivity index (χ1) is 8.67. The minimum absolute atomic E-state index is 0.592. The van der Waals surface area contributed by atoms with Gasteiger partial charge in [0, 0.05) is 0 Å². The Bertz CT molecular complexity index is 544. The van der Waals surface area contributed by atoms with Crippen molar-refractivity contribution in [1.29, 1.82) is 0 Å². The van der Waals surface area contributed by atoms with Crippen LogP contribution >= 0.6 is 27.3 Å². The van der Waals surface area contributed by atoms with Crippen molar-refractivity contribution in [2.75, 3.05) is 14.2 Å². The highest BCUT2D eigenvalue weighted by Gasteiger charge is 2.18. The summed E-state index contributed by atoms with van der Waals surface area (Å²) in [5.74, 6) is 1.23. The van der Waals surface area contributed by atoms with Gasteiger partial charge in [-0.3, -0.25) is 0 Å². The van der Waals surface area contributed by atoms with Gasteiger partial charge in [0.25, 0.3) is 0 Å². The second-order valence-corrected chi connectivity index (χ2v) is 5.16. The average molecular weight is 330 g/mol. The van der Waals surface area contributed by atoms with Gasteiger partial charge in [-0.05, 0) is 33.6 Å². The van der Waals surface area contributed by atoms with E-state index < -0.39 is 6.10 Å². The van der Waals surface area contributed by atoms with Gasteiger partial charge >= 0.3 is 0 Å². The Morgan fingerprint density at radius 3 is 2.56 bits per heavy atom. The first-order valence-corrected chi connectivity index (χ1v) is 6.83. The number of rotatable bonds is 4. The third-order valence-corrected chi connectivity index (χ3v) is 4.30. The molecule has 4 nitrogen and oxygen atoms in total. The van der Waals surface area contributed by atoms with E-state index in [0.29, 0.717) is 16.1 Å². The molecule has 0 amide bonds. The van der Waals surface area contributed by atoms with E-state index in [0.717, 1.165) is 10.4 Å². The van der Waals surface area contributed by atoms with Crippen LogP contribution in [-0.2, 0) is 0 Å². The Labute approximate surface area is 117 Å². The summed E-state index contributed by atoms with van der Waals surface area (Å²) in [4.78, 5) is 4.82. The maximum absolute atomic E-state index is 10.3. The van der Waals surface area contributed by atoms with Gasteiger partial charge in [-0.2, -0.15) is 0 Å². The Hall–Kier alpha value is -1.11. The Balaban J connectivity index is 2.37. The summed E-state index contributed by atoms with van der Waals surface area (Å²) >= 11 is 4.71. The number of methoxy groups -OCH3 is 2. The number of ether oxygens (including phenoxy) is 2. The molecule has 1 atom stereocenters. The van der Waals surface area contributed by atoms with Gasteiger partial charge in [-0.1, -0.05) is 6.07 Å². The molecule has 1 aromatic heterocycles. The molecule has 96 valence electrons. The summed E-state index contributed by atoms with van der Waals surface area (Å²) in [6.45, 7) is 0. The van der Waals surface area contributed by atoms with Crippen molar-refractivity contribution in [3.8, 4) is 11.5 Å².